The first-order chi connectivity index (χ1) is 14.2. The van der Waals surface area contributed by atoms with E-state index in [-0.39, 0.29) is 23.3 Å². The summed E-state index contributed by atoms with van der Waals surface area (Å²) in [5, 5.41) is 0. The van der Waals surface area contributed by atoms with Crippen LogP contribution in [0.3, 0.4) is 0 Å². The lowest BCUT2D eigenvalue weighted by Crippen LogP contribution is -2.30. The van der Waals surface area contributed by atoms with Gasteiger partial charge in [0.05, 0.1) is 23.7 Å². The van der Waals surface area contributed by atoms with Gasteiger partial charge in [-0.2, -0.15) is 13.2 Å². The zero-order valence-electron chi connectivity index (χ0n) is 16.7. The number of methoxy groups -OCH3 is 1. The topological polar surface area (TPSA) is 76.8 Å². The van der Waals surface area contributed by atoms with E-state index in [1.807, 2.05) is 0 Å². The van der Waals surface area contributed by atoms with Crippen LogP contribution in [-0.4, -0.2) is 54.1 Å². The number of alkyl halides is 3. The fourth-order valence-electron chi connectivity index (χ4n) is 3.26. The fraction of sp³-hybridized carbons (Fsp3) is 0.400. The van der Waals surface area contributed by atoms with Gasteiger partial charge in [0.15, 0.2) is 35.7 Å². The minimum atomic E-state index is -4.48. The maximum Gasteiger partial charge on any atom is 0.416 e. The summed E-state index contributed by atoms with van der Waals surface area (Å²) in [6, 6.07) is 3.37. The maximum absolute atomic E-state index is 13.3. The second-order valence-electron chi connectivity index (χ2n) is 7.11. The van der Waals surface area contributed by atoms with Crippen molar-refractivity contribution >= 4 is 29.4 Å². The Hall–Kier alpha value is -3.17. The predicted octanol–water partition coefficient (Wildman–Crippen LogP) is 3.34. The summed E-state index contributed by atoms with van der Waals surface area (Å²) in [6.07, 6.45) is -1.19. The standard InChI is InChI=1S/C20H21F3N4O3/c1-26(2)18(25-15(10-28)17(11-29)30-3)19-24-14-8-7-12(20(21,22)23)9-16(14)27(19)13-5-4-6-13/h7-11,13H,4-6H2,1-3H3/b17-15+,25-18?. The van der Waals surface area contributed by atoms with Crippen molar-refractivity contribution < 1.29 is 27.5 Å². The summed E-state index contributed by atoms with van der Waals surface area (Å²) in [7, 11) is 4.57. The van der Waals surface area contributed by atoms with Gasteiger partial charge >= 0.3 is 6.18 Å². The molecule has 7 nitrogen and oxygen atoms in total. The molecule has 10 heteroatoms. The van der Waals surface area contributed by atoms with Crippen LogP contribution in [0.2, 0.25) is 0 Å². The highest BCUT2D eigenvalue weighted by atomic mass is 19.4. The molecular formula is C20H21F3N4O3. The number of carbonyl (C=O) groups is 2. The lowest BCUT2D eigenvalue weighted by Gasteiger charge is -2.30. The number of aromatic nitrogens is 2. The molecular weight excluding hydrogens is 401 g/mol. The van der Waals surface area contributed by atoms with Crippen LogP contribution in [0.4, 0.5) is 13.2 Å². The van der Waals surface area contributed by atoms with Gasteiger partial charge in [0.25, 0.3) is 0 Å². The SMILES string of the molecule is CO/C(C=O)=C(\C=O)N=C(c1nc2ccc(C(F)(F)F)cc2n1C1CCC1)N(C)C. The fourth-order valence-corrected chi connectivity index (χ4v) is 3.26. The number of carbonyl (C=O) groups excluding carboxylic acids is 2. The second-order valence-corrected chi connectivity index (χ2v) is 7.11. The number of rotatable bonds is 6. The third kappa shape index (κ3) is 3.94. The molecule has 1 aliphatic rings. The first-order valence-electron chi connectivity index (χ1n) is 9.25. The van der Waals surface area contributed by atoms with Gasteiger partial charge in [-0.1, -0.05) is 0 Å². The van der Waals surface area contributed by atoms with E-state index in [1.165, 1.54) is 13.2 Å². The molecule has 0 saturated heterocycles. The highest BCUT2D eigenvalue weighted by molar-refractivity contribution is 6.01. The van der Waals surface area contributed by atoms with E-state index in [0.717, 1.165) is 31.4 Å². The molecule has 0 spiro atoms. The minimum Gasteiger partial charge on any atom is -0.491 e. The Bertz CT molecular complexity index is 1030. The van der Waals surface area contributed by atoms with Crippen LogP contribution >= 0.6 is 0 Å². The number of fused-ring (bicyclic) bond motifs is 1. The summed E-state index contributed by atoms with van der Waals surface area (Å²) in [5.74, 6) is 0.292. The normalized spacial score (nSPS) is 16.1. The number of benzene rings is 1. The van der Waals surface area contributed by atoms with Crippen LogP contribution in [-0.2, 0) is 20.5 Å². The molecule has 0 amide bonds. The summed E-state index contributed by atoms with van der Waals surface area (Å²) < 4.78 is 46.4. The quantitative estimate of drug-likeness (QED) is 0.235. The van der Waals surface area contributed by atoms with E-state index < -0.39 is 11.7 Å². The summed E-state index contributed by atoms with van der Waals surface area (Å²) in [5.41, 5.74) is -0.266. The Morgan fingerprint density at radius 3 is 2.43 bits per heavy atom. The number of imidazole rings is 1. The molecule has 0 unspecified atom stereocenters. The third-order valence-corrected chi connectivity index (χ3v) is 5.00. The molecule has 3 rings (SSSR count). The number of aliphatic imine (C=N–C) groups is 1. The maximum atomic E-state index is 13.3. The molecule has 2 aromatic rings. The molecule has 30 heavy (non-hydrogen) atoms. The van der Waals surface area contributed by atoms with Crippen LogP contribution in [0.1, 0.15) is 36.7 Å². The predicted molar refractivity (Wildman–Crippen MR) is 104 cm³/mol. The van der Waals surface area contributed by atoms with Gasteiger partial charge in [-0.3, -0.25) is 9.59 Å². The van der Waals surface area contributed by atoms with E-state index in [2.05, 4.69) is 9.98 Å². The molecule has 1 saturated carbocycles. The molecule has 0 bridgehead atoms. The van der Waals surface area contributed by atoms with Crippen molar-refractivity contribution in [3.8, 4) is 0 Å². The van der Waals surface area contributed by atoms with Gasteiger partial charge in [0, 0.05) is 20.1 Å². The molecule has 0 atom stereocenters. The number of amidine groups is 1. The highest BCUT2D eigenvalue weighted by Gasteiger charge is 2.33. The van der Waals surface area contributed by atoms with Crippen molar-refractivity contribution in [1.82, 2.24) is 14.5 Å². The largest absolute Gasteiger partial charge is 0.491 e. The Balaban J connectivity index is 2.29. The first-order valence-corrected chi connectivity index (χ1v) is 9.25. The zero-order valence-corrected chi connectivity index (χ0v) is 16.7. The number of hydrogen-bond acceptors (Lipinski definition) is 5. The van der Waals surface area contributed by atoms with Crippen LogP contribution in [0.5, 0.6) is 0 Å². The van der Waals surface area contributed by atoms with Crippen molar-refractivity contribution in [3.05, 3.63) is 41.0 Å². The monoisotopic (exact) mass is 422 g/mol. The highest BCUT2D eigenvalue weighted by Crippen LogP contribution is 2.38. The lowest BCUT2D eigenvalue weighted by molar-refractivity contribution is -0.137. The summed E-state index contributed by atoms with van der Waals surface area (Å²) in [6.45, 7) is 0. The zero-order chi connectivity index (χ0) is 22.1. The molecule has 160 valence electrons. The Morgan fingerprint density at radius 1 is 1.27 bits per heavy atom. The molecule has 1 aromatic carbocycles. The number of allylic oxidation sites excluding steroid dienone is 2. The van der Waals surface area contributed by atoms with E-state index in [9.17, 15) is 22.8 Å². The van der Waals surface area contributed by atoms with Gasteiger partial charge in [-0.25, -0.2) is 9.98 Å². The van der Waals surface area contributed by atoms with Crippen molar-refractivity contribution in [1.29, 1.82) is 0 Å². The van der Waals surface area contributed by atoms with E-state index in [4.69, 9.17) is 4.74 Å². The number of hydrogen-bond donors (Lipinski definition) is 0. The Morgan fingerprint density at radius 2 is 1.97 bits per heavy atom. The van der Waals surface area contributed by atoms with Gasteiger partial charge in [-0.15, -0.1) is 0 Å². The van der Waals surface area contributed by atoms with Crippen LogP contribution in [0.15, 0.2) is 34.6 Å². The Kier molecular flexibility index (Phi) is 5.95. The minimum absolute atomic E-state index is 0.0322. The third-order valence-electron chi connectivity index (χ3n) is 5.00. The summed E-state index contributed by atoms with van der Waals surface area (Å²) in [4.78, 5) is 33.0. The van der Waals surface area contributed by atoms with E-state index in [1.54, 1.807) is 23.6 Å². The van der Waals surface area contributed by atoms with Gasteiger partial charge in [-0.05, 0) is 37.5 Å². The molecule has 0 N–H and O–H groups in total. The molecule has 1 fully saturated rings. The number of halogens is 3. The number of aldehydes is 2. The first kappa shape index (κ1) is 21.5. The lowest BCUT2D eigenvalue weighted by atomic mass is 9.92. The average molecular weight is 422 g/mol. The molecule has 0 aliphatic heterocycles. The van der Waals surface area contributed by atoms with Gasteiger partial charge in [0.2, 0.25) is 0 Å². The van der Waals surface area contributed by atoms with Crippen LogP contribution in [0, 0.1) is 0 Å². The molecule has 1 heterocycles. The summed E-state index contributed by atoms with van der Waals surface area (Å²) >= 11 is 0. The van der Waals surface area contributed by atoms with Gasteiger partial charge < -0.3 is 14.2 Å². The van der Waals surface area contributed by atoms with Crippen molar-refractivity contribution in [2.24, 2.45) is 4.99 Å². The number of ether oxygens (including phenoxy) is 1. The van der Waals surface area contributed by atoms with E-state index >= 15 is 0 Å². The van der Waals surface area contributed by atoms with Crippen molar-refractivity contribution in [2.75, 3.05) is 21.2 Å². The second kappa shape index (κ2) is 8.29. The molecule has 0 radical (unpaired) electrons. The smallest absolute Gasteiger partial charge is 0.416 e. The number of nitrogens with zero attached hydrogens (tertiary/aromatic N) is 4. The van der Waals surface area contributed by atoms with Crippen molar-refractivity contribution in [3.63, 3.8) is 0 Å². The molecule has 1 aliphatic carbocycles. The Labute approximate surface area is 170 Å². The average Bonchev–Trinajstić information content (AvgIpc) is 3.01. The van der Waals surface area contributed by atoms with Crippen LogP contribution < -0.4 is 0 Å². The van der Waals surface area contributed by atoms with E-state index in [0.29, 0.717) is 29.4 Å². The van der Waals surface area contributed by atoms with Crippen LogP contribution in [0.25, 0.3) is 11.0 Å². The van der Waals surface area contributed by atoms with Gasteiger partial charge in [0.1, 0.15) is 0 Å². The van der Waals surface area contributed by atoms with Crippen molar-refractivity contribution in [2.45, 2.75) is 31.5 Å². The molecule has 1 aromatic heterocycles.